The highest BCUT2D eigenvalue weighted by Crippen LogP contribution is 2.25. The van der Waals surface area contributed by atoms with Gasteiger partial charge >= 0.3 is 0 Å². The summed E-state index contributed by atoms with van der Waals surface area (Å²) in [4.78, 5) is 22.8. The van der Waals surface area contributed by atoms with Crippen LogP contribution in [0.4, 0.5) is 11.4 Å². The van der Waals surface area contributed by atoms with Gasteiger partial charge in [-0.1, -0.05) is 23.8 Å². The summed E-state index contributed by atoms with van der Waals surface area (Å²) in [5, 5.41) is 13.1. The molecule has 1 N–H and O–H groups in total. The molecule has 0 unspecified atom stereocenters. The molecule has 144 valence electrons. The second kappa shape index (κ2) is 7.28. The number of amides is 1. The zero-order valence-electron chi connectivity index (χ0n) is 15.0. The van der Waals surface area contributed by atoms with E-state index < -0.39 is 20.7 Å². The van der Waals surface area contributed by atoms with Crippen LogP contribution in [0.2, 0.25) is 0 Å². The number of nitro benzene ring substituents is 1. The molecule has 1 heterocycles. The molecule has 8 nitrogen and oxygen atoms in total. The van der Waals surface area contributed by atoms with Crippen LogP contribution in [0.5, 0.6) is 0 Å². The number of hydrogen-bond acceptors (Lipinski definition) is 6. The Morgan fingerprint density at radius 1 is 1.04 bits per heavy atom. The Morgan fingerprint density at radius 2 is 1.71 bits per heavy atom. The Labute approximate surface area is 160 Å². The number of nitro groups is 1. The van der Waals surface area contributed by atoms with Crippen molar-refractivity contribution in [3.05, 3.63) is 81.6 Å². The van der Waals surface area contributed by atoms with Crippen molar-refractivity contribution >= 4 is 27.1 Å². The Morgan fingerprint density at radius 3 is 2.36 bits per heavy atom. The first kappa shape index (κ1) is 19.3. The zero-order chi connectivity index (χ0) is 20.5. The van der Waals surface area contributed by atoms with Crippen molar-refractivity contribution in [1.82, 2.24) is 0 Å². The van der Waals surface area contributed by atoms with Crippen molar-refractivity contribution in [3.8, 4) is 0 Å². The van der Waals surface area contributed by atoms with Crippen LogP contribution in [-0.2, 0) is 9.84 Å². The molecular formula is C19H16N2O6S. The van der Waals surface area contributed by atoms with Crippen LogP contribution >= 0.6 is 0 Å². The standard InChI is InChI=1S/C19H16N2O6S/c1-12-3-7-15(8-4-12)28(25,26)18-10-9-17(27-18)19(22)20-14-6-5-13(2)16(11-14)21(23)24/h3-11H,1-2H3,(H,20,22). The SMILES string of the molecule is Cc1ccc(S(=O)(=O)c2ccc(C(=O)Nc3ccc(C)c([N+](=O)[O-])c3)o2)cc1. The lowest BCUT2D eigenvalue weighted by Gasteiger charge is -2.05. The molecule has 0 spiro atoms. The maximum Gasteiger partial charge on any atom is 0.291 e. The first-order valence-corrected chi connectivity index (χ1v) is 9.65. The molecule has 1 aromatic heterocycles. The van der Waals surface area contributed by atoms with Gasteiger partial charge in [-0.25, -0.2) is 8.42 Å². The van der Waals surface area contributed by atoms with Crippen molar-refractivity contribution in [2.24, 2.45) is 0 Å². The van der Waals surface area contributed by atoms with E-state index in [1.165, 1.54) is 42.5 Å². The number of rotatable bonds is 5. The van der Waals surface area contributed by atoms with Gasteiger partial charge in [0.15, 0.2) is 5.76 Å². The van der Waals surface area contributed by atoms with E-state index in [-0.39, 0.29) is 27.1 Å². The molecule has 0 fully saturated rings. The van der Waals surface area contributed by atoms with E-state index >= 15 is 0 Å². The van der Waals surface area contributed by atoms with Crippen molar-refractivity contribution < 1.29 is 22.6 Å². The minimum Gasteiger partial charge on any atom is -0.439 e. The van der Waals surface area contributed by atoms with Crippen LogP contribution in [0.3, 0.4) is 0 Å². The summed E-state index contributed by atoms with van der Waals surface area (Å²) in [6, 6.07) is 12.9. The molecule has 0 saturated carbocycles. The molecule has 2 aromatic carbocycles. The van der Waals surface area contributed by atoms with E-state index in [0.717, 1.165) is 5.56 Å². The van der Waals surface area contributed by atoms with Gasteiger partial charge in [-0.3, -0.25) is 14.9 Å². The molecule has 0 aliphatic carbocycles. The molecule has 28 heavy (non-hydrogen) atoms. The third-order valence-corrected chi connectivity index (χ3v) is 5.71. The van der Waals surface area contributed by atoms with Crippen LogP contribution in [0.1, 0.15) is 21.7 Å². The fourth-order valence-corrected chi connectivity index (χ4v) is 3.67. The number of carbonyl (C=O) groups is 1. The van der Waals surface area contributed by atoms with Crippen LogP contribution in [0.15, 0.2) is 69.0 Å². The average molecular weight is 400 g/mol. The molecule has 1 amide bonds. The van der Waals surface area contributed by atoms with Crippen LogP contribution in [0, 0.1) is 24.0 Å². The molecule has 0 saturated heterocycles. The van der Waals surface area contributed by atoms with Gasteiger partial charge < -0.3 is 9.73 Å². The molecule has 0 radical (unpaired) electrons. The zero-order valence-corrected chi connectivity index (χ0v) is 15.8. The highest BCUT2D eigenvalue weighted by Gasteiger charge is 2.24. The monoisotopic (exact) mass is 400 g/mol. The van der Waals surface area contributed by atoms with E-state index in [1.807, 2.05) is 6.92 Å². The minimum absolute atomic E-state index is 0.0496. The smallest absolute Gasteiger partial charge is 0.291 e. The number of benzene rings is 2. The Bertz CT molecular complexity index is 1160. The summed E-state index contributed by atoms with van der Waals surface area (Å²) in [7, 11) is -3.90. The summed E-state index contributed by atoms with van der Waals surface area (Å²) < 4.78 is 30.4. The topological polar surface area (TPSA) is 120 Å². The van der Waals surface area contributed by atoms with Crippen molar-refractivity contribution in [3.63, 3.8) is 0 Å². The summed E-state index contributed by atoms with van der Waals surface area (Å²) in [6.07, 6.45) is 0. The van der Waals surface area contributed by atoms with Gasteiger partial charge in [0.2, 0.25) is 14.9 Å². The highest BCUT2D eigenvalue weighted by molar-refractivity contribution is 7.91. The third kappa shape index (κ3) is 3.79. The first-order chi connectivity index (χ1) is 13.2. The first-order valence-electron chi connectivity index (χ1n) is 8.16. The highest BCUT2D eigenvalue weighted by atomic mass is 32.2. The summed E-state index contributed by atoms with van der Waals surface area (Å²) in [5.41, 5.74) is 1.42. The molecule has 0 aliphatic rings. The van der Waals surface area contributed by atoms with Crippen molar-refractivity contribution in [1.29, 1.82) is 0 Å². The van der Waals surface area contributed by atoms with Crippen LogP contribution in [0.25, 0.3) is 0 Å². The number of carbonyl (C=O) groups excluding carboxylic acids is 1. The van der Waals surface area contributed by atoms with Gasteiger partial charge in [-0.15, -0.1) is 0 Å². The van der Waals surface area contributed by atoms with E-state index in [9.17, 15) is 23.3 Å². The number of sulfone groups is 1. The number of nitrogens with zero attached hydrogens (tertiary/aromatic N) is 1. The maximum absolute atomic E-state index is 12.6. The normalized spacial score (nSPS) is 11.2. The fourth-order valence-electron chi connectivity index (χ4n) is 2.50. The largest absolute Gasteiger partial charge is 0.439 e. The van der Waals surface area contributed by atoms with Crippen LogP contribution in [-0.4, -0.2) is 19.2 Å². The van der Waals surface area contributed by atoms with E-state index in [4.69, 9.17) is 4.42 Å². The second-order valence-corrected chi connectivity index (χ2v) is 8.03. The van der Waals surface area contributed by atoms with E-state index in [2.05, 4.69) is 5.32 Å². The molecule has 9 heteroatoms. The quantitative estimate of drug-likeness (QED) is 0.512. The summed E-state index contributed by atoms with van der Waals surface area (Å²) >= 11 is 0. The number of aryl methyl sites for hydroxylation is 2. The number of anilines is 1. The molecule has 3 rings (SSSR count). The van der Waals surface area contributed by atoms with E-state index in [1.54, 1.807) is 19.1 Å². The Balaban J connectivity index is 1.84. The predicted octanol–water partition coefficient (Wildman–Crippen LogP) is 3.89. The lowest BCUT2D eigenvalue weighted by atomic mass is 10.2. The van der Waals surface area contributed by atoms with Crippen molar-refractivity contribution in [2.75, 3.05) is 5.32 Å². The van der Waals surface area contributed by atoms with Gasteiger partial charge in [-0.2, -0.15) is 0 Å². The molecule has 0 atom stereocenters. The average Bonchev–Trinajstić information content (AvgIpc) is 3.14. The molecule has 3 aromatic rings. The van der Waals surface area contributed by atoms with Crippen LogP contribution < -0.4 is 5.32 Å². The van der Waals surface area contributed by atoms with Gasteiger partial charge in [0.25, 0.3) is 11.6 Å². The maximum atomic E-state index is 12.6. The van der Waals surface area contributed by atoms with Crippen molar-refractivity contribution in [2.45, 2.75) is 23.8 Å². The van der Waals surface area contributed by atoms with Gasteiger partial charge in [0.1, 0.15) is 0 Å². The third-order valence-electron chi connectivity index (χ3n) is 4.06. The summed E-state index contributed by atoms with van der Waals surface area (Å²) in [5.74, 6) is -0.947. The minimum atomic E-state index is -3.90. The number of nitrogens with one attached hydrogen (secondary N) is 1. The predicted molar refractivity (Wildman–Crippen MR) is 101 cm³/mol. The number of hydrogen-bond donors (Lipinski definition) is 1. The van der Waals surface area contributed by atoms with Gasteiger partial charge in [0.05, 0.1) is 9.82 Å². The second-order valence-electron chi connectivity index (χ2n) is 6.15. The Hall–Kier alpha value is -3.46. The lowest BCUT2D eigenvalue weighted by molar-refractivity contribution is -0.385. The molecular weight excluding hydrogens is 384 g/mol. The number of furan rings is 1. The summed E-state index contributed by atoms with van der Waals surface area (Å²) in [6.45, 7) is 3.42. The fraction of sp³-hybridized carbons (Fsp3) is 0.105. The molecule has 0 aliphatic heterocycles. The van der Waals surface area contributed by atoms with Gasteiger partial charge in [0, 0.05) is 17.3 Å². The van der Waals surface area contributed by atoms with E-state index in [0.29, 0.717) is 5.56 Å². The molecule has 0 bridgehead atoms. The lowest BCUT2D eigenvalue weighted by Crippen LogP contribution is -2.11. The van der Waals surface area contributed by atoms with Gasteiger partial charge in [-0.05, 0) is 44.2 Å². The Kier molecular flexibility index (Phi) is 5.02.